The highest BCUT2D eigenvalue weighted by Gasteiger charge is 2.07. The number of hydrogen-bond acceptors (Lipinski definition) is 3. The van der Waals surface area contributed by atoms with Gasteiger partial charge in [-0.25, -0.2) is 0 Å². The number of carbonyl (C=O) groups excluding carboxylic acids is 2. The summed E-state index contributed by atoms with van der Waals surface area (Å²) in [4.78, 5) is 23.6. The monoisotopic (exact) mass is 253 g/mol. The number of benzene rings is 2. The van der Waals surface area contributed by atoms with Crippen molar-refractivity contribution in [1.82, 2.24) is 5.32 Å². The quantitative estimate of drug-likeness (QED) is 0.804. The second-order valence-corrected chi connectivity index (χ2v) is 4.18. The van der Waals surface area contributed by atoms with Gasteiger partial charge in [0.15, 0.2) is 11.6 Å². The van der Waals surface area contributed by atoms with Crippen LogP contribution in [0.25, 0.3) is 0 Å². The zero-order valence-corrected chi connectivity index (χ0v) is 10.5. The van der Waals surface area contributed by atoms with Gasteiger partial charge in [-0.05, 0) is 0 Å². The lowest BCUT2D eigenvalue weighted by atomic mass is 10.1. The fourth-order valence-corrected chi connectivity index (χ4v) is 1.74. The van der Waals surface area contributed by atoms with Crippen LogP contribution in [0, 0.1) is 0 Å². The van der Waals surface area contributed by atoms with Crippen LogP contribution in [0.2, 0.25) is 0 Å². The average molecular weight is 253 g/mol. The lowest BCUT2D eigenvalue weighted by molar-refractivity contribution is 0.0970. The van der Waals surface area contributed by atoms with Crippen molar-refractivity contribution in [1.29, 1.82) is 0 Å². The standard InChI is InChI=1S/C16H15NO2/c18-15(13-7-3-1-4-8-13)11-17-12-16(19)14-9-5-2-6-10-14/h1-10,17H,11-12H2. The highest BCUT2D eigenvalue weighted by atomic mass is 16.1. The van der Waals surface area contributed by atoms with Gasteiger partial charge in [0.2, 0.25) is 0 Å². The van der Waals surface area contributed by atoms with E-state index < -0.39 is 0 Å². The topological polar surface area (TPSA) is 46.2 Å². The first-order valence-corrected chi connectivity index (χ1v) is 6.14. The molecule has 0 aliphatic heterocycles. The molecule has 0 saturated carbocycles. The third-order valence-electron chi connectivity index (χ3n) is 2.76. The molecule has 0 amide bonds. The first kappa shape index (κ1) is 13.2. The molecule has 0 atom stereocenters. The number of nitrogens with one attached hydrogen (secondary N) is 1. The zero-order valence-electron chi connectivity index (χ0n) is 10.5. The fraction of sp³-hybridized carbons (Fsp3) is 0.125. The second kappa shape index (κ2) is 6.61. The van der Waals surface area contributed by atoms with Gasteiger partial charge in [0, 0.05) is 11.1 Å². The first-order valence-electron chi connectivity index (χ1n) is 6.14. The molecule has 0 saturated heterocycles. The van der Waals surface area contributed by atoms with Crippen molar-refractivity contribution in [3.8, 4) is 0 Å². The molecular formula is C16H15NO2. The smallest absolute Gasteiger partial charge is 0.176 e. The SMILES string of the molecule is O=C(CNCC(=O)c1ccccc1)c1ccccc1. The summed E-state index contributed by atoms with van der Waals surface area (Å²) >= 11 is 0. The minimum atomic E-state index is -0.0125. The number of ketones is 2. The van der Waals surface area contributed by atoms with E-state index in [1.165, 1.54) is 0 Å². The summed E-state index contributed by atoms with van der Waals surface area (Å²) in [5, 5.41) is 2.88. The largest absolute Gasteiger partial charge is 0.303 e. The van der Waals surface area contributed by atoms with Crippen molar-refractivity contribution in [3.63, 3.8) is 0 Å². The molecule has 2 rings (SSSR count). The number of hydrogen-bond donors (Lipinski definition) is 1. The molecule has 96 valence electrons. The Morgan fingerprint density at radius 2 is 1.05 bits per heavy atom. The Labute approximate surface area is 112 Å². The lowest BCUT2D eigenvalue weighted by Crippen LogP contribution is -2.28. The van der Waals surface area contributed by atoms with Crippen molar-refractivity contribution in [2.75, 3.05) is 13.1 Å². The van der Waals surface area contributed by atoms with E-state index in [2.05, 4.69) is 5.32 Å². The van der Waals surface area contributed by atoms with Gasteiger partial charge in [-0.3, -0.25) is 9.59 Å². The van der Waals surface area contributed by atoms with Crippen molar-refractivity contribution >= 4 is 11.6 Å². The Bertz CT molecular complexity index is 498. The summed E-state index contributed by atoms with van der Waals surface area (Å²) in [6.07, 6.45) is 0. The number of Topliss-reactive ketones (excluding diaryl/α,β-unsaturated/α-hetero) is 2. The molecular weight excluding hydrogens is 238 g/mol. The van der Waals surface area contributed by atoms with Crippen LogP contribution in [0.3, 0.4) is 0 Å². The Hall–Kier alpha value is -2.26. The summed E-state index contributed by atoms with van der Waals surface area (Å²) in [7, 11) is 0. The average Bonchev–Trinajstić information content (AvgIpc) is 2.49. The van der Waals surface area contributed by atoms with Crippen LogP contribution >= 0.6 is 0 Å². The number of carbonyl (C=O) groups is 2. The van der Waals surface area contributed by atoms with E-state index >= 15 is 0 Å². The van der Waals surface area contributed by atoms with E-state index in [4.69, 9.17) is 0 Å². The third-order valence-corrected chi connectivity index (χ3v) is 2.76. The van der Waals surface area contributed by atoms with Crippen LogP contribution in [-0.2, 0) is 0 Å². The maximum atomic E-state index is 11.8. The molecule has 0 aromatic heterocycles. The van der Waals surface area contributed by atoms with Gasteiger partial charge >= 0.3 is 0 Å². The lowest BCUT2D eigenvalue weighted by Gasteiger charge is -2.04. The molecule has 0 radical (unpaired) electrons. The summed E-state index contributed by atoms with van der Waals surface area (Å²) in [6, 6.07) is 18.1. The third kappa shape index (κ3) is 3.86. The molecule has 1 N–H and O–H groups in total. The van der Waals surface area contributed by atoms with Gasteiger partial charge in [-0.2, -0.15) is 0 Å². The first-order chi connectivity index (χ1) is 9.27. The van der Waals surface area contributed by atoms with Crippen LogP contribution in [0.1, 0.15) is 20.7 Å². The fourth-order valence-electron chi connectivity index (χ4n) is 1.74. The van der Waals surface area contributed by atoms with Crippen molar-refractivity contribution < 1.29 is 9.59 Å². The molecule has 0 aliphatic carbocycles. The Morgan fingerprint density at radius 1 is 0.684 bits per heavy atom. The summed E-state index contributed by atoms with van der Waals surface area (Å²) in [6.45, 7) is 0.338. The molecule has 19 heavy (non-hydrogen) atoms. The van der Waals surface area contributed by atoms with Crippen LogP contribution in [0.5, 0.6) is 0 Å². The Balaban J connectivity index is 1.81. The van der Waals surface area contributed by atoms with Gasteiger partial charge in [0.05, 0.1) is 13.1 Å². The molecule has 0 unspecified atom stereocenters. The van der Waals surface area contributed by atoms with E-state index in [1.54, 1.807) is 24.3 Å². The predicted octanol–water partition coefficient (Wildman–Crippen LogP) is 2.34. The molecule has 2 aromatic carbocycles. The molecule has 2 aromatic rings. The van der Waals surface area contributed by atoms with Crippen LogP contribution < -0.4 is 5.32 Å². The molecule has 0 fully saturated rings. The van der Waals surface area contributed by atoms with Gasteiger partial charge in [0.25, 0.3) is 0 Å². The maximum Gasteiger partial charge on any atom is 0.176 e. The van der Waals surface area contributed by atoms with Crippen molar-refractivity contribution in [3.05, 3.63) is 71.8 Å². The van der Waals surface area contributed by atoms with E-state index in [1.807, 2.05) is 36.4 Å². The van der Waals surface area contributed by atoms with E-state index in [0.717, 1.165) is 0 Å². The number of rotatable bonds is 6. The zero-order chi connectivity index (χ0) is 13.5. The van der Waals surface area contributed by atoms with E-state index in [9.17, 15) is 9.59 Å². The van der Waals surface area contributed by atoms with Crippen LogP contribution in [0.15, 0.2) is 60.7 Å². The van der Waals surface area contributed by atoms with Crippen LogP contribution in [-0.4, -0.2) is 24.7 Å². The summed E-state index contributed by atoms with van der Waals surface area (Å²) in [5.41, 5.74) is 1.31. The predicted molar refractivity (Wildman–Crippen MR) is 74.4 cm³/mol. The van der Waals surface area contributed by atoms with E-state index in [0.29, 0.717) is 11.1 Å². The molecule has 0 heterocycles. The Morgan fingerprint density at radius 3 is 1.42 bits per heavy atom. The van der Waals surface area contributed by atoms with Gasteiger partial charge in [-0.15, -0.1) is 0 Å². The second-order valence-electron chi connectivity index (χ2n) is 4.18. The van der Waals surface area contributed by atoms with Gasteiger partial charge in [-0.1, -0.05) is 60.7 Å². The van der Waals surface area contributed by atoms with Gasteiger partial charge < -0.3 is 5.32 Å². The van der Waals surface area contributed by atoms with Crippen LogP contribution in [0.4, 0.5) is 0 Å². The minimum Gasteiger partial charge on any atom is -0.303 e. The highest BCUT2D eigenvalue weighted by Crippen LogP contribution is 2.00. The van der Waals surface area contributed by atoms with Crippen molar-refractivity contribution in [2.24, 2.45) is 0 Å². The molecule has 0 aliphatic rings. The van der Waals surface area contributed by atoms with Gasteiger partial charge in [0.1, 0.15) is 0 Å². The molecule has 0 bridgehead atoms. The normalized spacial score (nSPS) is 10.1. The maximum absolute atomic E-state index is 11.8. The highest BCUT2D eigenvalue weighted by molar-refractivity contribution is 5.99. The Kier molecular flexibility index (Phi) is 4.59. The van der Waals surface area contributed by atoms with Crippen molar-refractivity contribution in [2.45, 2.75) is 0 Å². The summed E-state index contributed by atoms with van der Waals surface area (Å²) in [5.74, 6) is -0.0251. The van der Waals surface area contributed by atoms with E-state index in [-0.39, 0.29) is 24.7 Å². The molecule has 3 nitrogen and oxygen atoms in total. The molecule has 0 spiro atoms. The minimum absolute atomic E-state index is 0.0125. The molecule has 3 heteroatoms. The summed E-state index contributed by atoms with van der Waals surface area (Å²) < 4.78 is 0.